The number of halogens is 1. The fourth-order valence-corrected chi connectivity index (χ4v) is 4.18. The second kappa shape index (κ2) is 12.1. The van der Waals surface area contributed by atoms with Crippen molar-refractivity contribution in [1.82, 2.24) is 5.32 Å². The molecular weight excluding hydrogens is 429 g/mol. The lowest BCUT2D eigenvalue weighted by Crippen LogP contribution is -2.39. The van der Waals surface area contributed by atoms with Crippen molar-refractivity contribution in [1.29, 1.82) is 0 Å². The van der Waals surface area contributed by atoms with Crippen LogP contribution in [0.25, 0.3) is 11.6 Å². The zero-order valence-electron chi connectivity index (χ0n) is 19.2. The summed E-state index contributed by atoms with van der Waals surface area (Å²) in [5.74, 6) is -0.254. The van der Waals surface area contributed by atoms with Gasteiger partial charge in [0.05, 0.1) is 12.7 Å². The predicted octanol–water partition coefficient (Wildman–Crippen LogP) is 6.62. The highest BCUT2D eigenvalue weighted by atomic mass is 19.1. The summed E-state index contributed by atoms with van der Waals surface area (Å²) < 4.78 is 26.0. The molecule has 0 aromatic heterocycles. The number of benzene rings is 3. The number of ether oxygens (including phenoxy) is 2. The summed E-state index contributed by atoms with van der Waals surface area (Å²) in [5.41, 5.74) is 3.34. The van der Waals surface area contributed by atoms with Crippen LogP contribution in [-0.2, 0) is 16.1 Å². The van der Waals surface area contributed by atoms with Crippen LogP contribution in [-0.4, -0.2) is 24.8 Å². The van der Waals surface area contributed by atoms with E-state index in [-0.39, 0.29) is 30.7 Å². The van der Waals surface area contributed by atoms with Crippen molar-refractivity contribution in [2.75, 3.05) is 6.61 Å². The Morgan fingerprint density at radius 2 is 1.53 bits per heavy atom. The molecule has 3 aromatic carbocycles. The molecule has 0 atom stereocenters. The second-order valence-electron chi connectivity index (χ2n) is 8.55. The highest BCUT2D eigenvalue weighted by molar-refractivity contribution is 5.82. The third-order valence-corrected chi connectivity index (χ3v) is 6.04. The first-order chi connectivity index (χ1) is 16.7. The van der Waals surface area contributed by atoms with Crippen LogP contribution >= 0.6 is 0 Å². The summed E-state index contributed by atoms with van der Waals surface area (Å²) >= 11 is 0. The first-order valence-corrected chi connectivity index (χ1v) is 11.8. The van der Waals surface area contributed by atoms with Crippen LogP contribution < -0.4 is 5.32 Å². The van der Waals surface area contributed by atoms with Crippen LogP contribution in [0, 0.1) is 5.82 Å². The van der Waals surface area contributed by atoms with Gasteiger partial charge in [0.15, 0.2) is 0 Å². The highest BCUT2D eigenvalue weighted by Crippen LogP contribution is 2.26. The third-order valence-electron chi connectivity index (χ3n) is 6.04. The first-order valence-electron chi connectivity index (χ1n) is 11.8. The Morgan fingerprint density at radius 1 is 0.882 bits per heavy atom. The Morgan fingerprint density at radius 3 is 2.24 bits per heavy atom. The van der Waals surface area contributed by atoms with Crippen molar-refractivity contribution < 1.29 is 18.7 Å². The fourth-order valence-electron chi connectivity index (χ4n) is 4.18. The van der Waals surface area contributed by atoms with Gasteiger partial charge in [-0.1, -0.05) is 78.9 Å². The lowest BCUT2D eigenvalue weighted by Gasteiger charge is -2.29. The maximum atomic E-state index is 14.5. The molecule has 4 nitrogen and oxygen atoms in total. The average Bonchev–Trinajstić information content (AvgIpc) is 2.88. The summed E-state index contributed by atoms with van der Waals surface area (Å²) in [6, 6.07) is 26.4. The first kappa shape index (κ1) is 23.7. The summed E-state index contributed by atoms with van der Waals surface area (Å²) in [7, 11) is 0. The molecule has 1 fully saturated rings. The quantitative estimate of drug-likeness (QED) is 0.385. The van der Waals surface area contributed by atoms with Gasteiger partial charge in [-0.05, 0) is 54.5 Å². The molecule has 176 valence electrons. The zero-order valence-corrected chi connectivity index (χ0v) is 19.2. The lowest BCUT2D eigenvalue weighted by molar-refractivity contribution is 0.0417. The number of amides is 1. The van der Waals surface area contributed by atoms with Gasteiger partial charge in [0.2, 0.25) is 0 Å². The number of alkyl carbamates (subject to hydrolysis) is 1. The highest BCUT2D eigenvalue weighted by Gasteiger charge is 2.24. The molecule has 1 N–H and O–H groups in total. The van der Waals surface area contributed by atoms with E-state index in [1.165, 1.54) is 6.07 Å². The van der Waals surface area contributed by atoms with Gasteiger partial charge in [-0.2, -0.15) is 0 Å². The molecule has 3 aromatic rings. The Bertz CT molecular complexity index is 1080. The van der Waals surface area contributed by atoms with E-state index in [1.54, 1.807) is 12.1 Å². The smallest absolute Gasteiger partial charge is 0.407 e. The number of nitrogens with one attached hydrogen (secondary N) is 1. The normalized spacial score (nSPS) is 18.3. The molecule has 0 heterocycles. The largest absolute Gasteiger partial charge is 0.445 e. The molecule has 4 rings (SSSR count). The second-order valence-corrected chi connectivity index (χ2v) is 8.55. The minimum Gasteiger partial charge on any atom is -0.445 e. The van der Waals surface area contributed by atoms with Crippen molar-refractivity contribution in [2.24, 2.45) is 0 Å². The van der Waals surface area contributed by atoms with Crippen molar-refractivity contribution in [3.63, 3.8) is 0 Å². The molecule has 34 heavy (non-hydrogen) atoms. The molecule has 0 aliphatic heterocycles. The van der Waals surface area contributed by atoms with E-state index in [1.807, 2.05) is 72.8 Å². The summed E-state index contributed by atoms with van der Waals surface area (Å²) in [6.07, 6.45) is 4.98. The summed E-state index contributed by atoms with van der Waals surface area (Å²) in [4.78, 5) is 12.1. The van der Waals surface area contributed by atoms with Gasteiger partial charge in [-0.15, -0.1) is 0 Å². The topological polar surface area (TPSA) is 47.6 Å². The van der Waals surface area contributed by atoms with Crippen LogP contribution in [0.3, 0.4) is 0 Å². The number of carbonyl (C=O) groups excluding carboxylic acids is 1. The van der Waals surface area contributed by atoms with E-state index < -0.39 is 0 Å². The minimum atomic E-state index is -0.388. The van der Waals surface area contributed by atoms with Crippen LogP contribution in [0.4, 0.5) is 9.18 Å². The van der Waals surface area contributed by atoms with Crippen molar-refractivity contribution in [3.8, 4) is 0 Å². The van der Waals surface area contributed by atoms with Gasteiger partial charge < -0.3 is 14.8 Å². The van der Waals surface area contributed by atoms with Crippen LogP contribution in [0.1, 0.15) is 42.4 Å². The Balaban J connectivity index is 1.27. The van der Waals surface area contributed by atoms with E-state index in [0.29, 0.717) is 12.2 Å². The van der Waals surface area contributed by atoms with Gasteiger partial charge in [0.1, 0.15) is 12.4 Å². The lowest BCUT2D eigenvalue weighted by atomic mass is 9.93. The van der Waals surface area contributed by atoms with E-state index in [9.17, 15) is 9.18 Å². The number of hydrogen-bond donors (Lipinski definition) is 1. The molecule has 5 heteroatoms. The monoisotopic (exact) mass is 459 g/mol. The summed E-state index contributed by atoms with van der Waals surface area (Å²) in [5, 5.41) is 2.96. The van der Waals surface area contributed by atoms with E-state index >= 15 is 0 Å². The molecule has 0 unspecified atom stereocenters. The van der Waals surface area contributed by atoms with Crippen molar-refractivity contribution in [3.05, 3.63) is 107 Å². The maximum absolute atomic E-state index is 14.5. The standard InChI is InChI=1S/C29H30FNO3/c30-28-14-8-7-13-27(28)24(19-22-9-3-1-4-10-22)21-33-26-17-15-25(16-18-26)31-29(32)34-20-23-11-5-2-6-12-23/h1-14,19,25-26H,15-18,20-21H2,(H,31,32)/b24-19-/t25-,26-. The molecule has 0 saturated heterocycles. The van der Waals surface area contributed by atoms with Gasteiger partial charge >= 0.3 is 6.09 Å². The number of hydrogen-bond acceptors (Lipinski definition) is 3. The third kappa shape index (κ3) is 7.03. The summed E-state index contributed by atoms with van der Waals surface area (Å²) in [6.45, 7) is 0.593. The van der Waals surface area contributed by atoms with Crippen molar-refractivity contribution >= 4 is 17.7 Å². The predicted molar refractivity (Wildman–Crippen MR) is 132 cm³/mol. The average molecular weight is 460 g/mol. The molecule has 0 spiro atoms. The molecule has 1 aliphatic carbocycles. The van der Waals surface area contributed by atoms with Crippen LogP contribution in [0.2, 0.25) is 0 Å². The Kier molecular flexibility index (Phi) is 8.47. The van der Waals surface area contributed by atoms with Gasteiger partial charge in [0.25, 0.3) is 0 Å². The van der Waals surface area contributed by atoms with E-state index in [2.05, 4.69) is 5.32 Å². The van der Waals surface area contributed by atoms with Crippen LogP contribution in [0.15, 0.2) is 84.9 Å². The van der Waals surface area contributed by atoms with Crippen molar-refractivity contribution in [2.45, 2.75) is 44.4 Å². The molecule has 0 bridgehead atoms. The van der Waals surface area contributed by atoms with E-state index in [4.69, 9.17) is 9.47 Å². The van der Waals surface area contributed by atoms with Gasteiger partial charge in [-0.25, -0.2) is 9.18 Å². The zero-order chi connectivity index (χ0) is 23.6. The molecular formula is C29H30FNO3. The van der Waals surface area contributed by atoms with Crippen LogP contribution in [0.5, 0.6) is 0 Å². The molecule has 0 radical (unpaired) electrons. The molecule has 1 amide bonds. The fraction of sp³-hybridized carbons (Fsp3) is 0.276. The van der Waals surface area contributed by atoms with Gasteiger partial charge in [0, 0.05) is 11.6 Å². The van der Waals surface area contributed by atoms with Gasteiger partial charge in [-0.3, -0.25) is 0 Å². The number of carbonyl (C=O) groups is 1. The molecule has 1 saturated carbocycles. The molecule has 1 aliphatic rings. The maximum Gasteiger partial charge on any atom is 0.407 e. The Labute approximate surface area is 200 Å². The van der Waals surface area contributed by atoms with E-state index in [0.717, 1.165) is 42.4 Å². The number of rotatable bonds is 8. The SMILES string of the molecule is O=C(N[C@H]1CC[C@H](OC/C(=C/c2ccccc2)c2ccccc2F)CC1)OCc1ccccc1. The Hall–Kier alpha value is -3.44. The minimum absolute atomic E-state index is 0.0735.